The number of rotatable bonds is 0. The van der Waals surface area contributed by atoms with Crippen LogP contribution < -0.4 is 0 Å². The highest BCUT2D eigenvalue weighted by molar-refractivity contribution is 4.91. The largest absolute Gasteiger partial charge is 0.374 e. The molecule has 2 atom stereocenters. The molecule has 1 aliphatic rings. The van der Waals surface area contributed by atoms with Gasteiger partial charge in [0.05, 0.1) is 12.2 Å². The molecular formula is C11H22O. The molecular weight excluding hydrogens is 148 g/mol. The highest BCUT2D eigenvalue weighted by Gasteiger charge is 2.43. The third kappa shape index (κ3) is 2.01. The van der Waals surface area contributed by atoms with Crippen molar-refractivity contribution in [3.8, 4) is 0 Å². The van der Waals surface area contributed by atoms with Crippen LogP contribution in [0, 0.1) is 10.8 Å². The fourth-order valence-electron chi connectivity index (χ4n) is 1.50. The van der Waals surface area contributed by atoms with E-state index in [1.54, 1.807) is 0 Å². The van der Waals surface area contributed by atoms with Crippen LogP contribution in [0.5, 0.6) is 0 Å². The molecule has 0 aromatic rings. The molecule has 2 unspecified atom stereocenters. The first-order valence-corrected chi connectivity index (χ1v) is 4.87. The Morgan fingerprint density at radius 3 is 1.25 bits per heavy atom. The van der Waals surface area contributed by atoms with Crippen LogP contribution in [0.25, 0.3) is 0 Å². The maximum atomic E-state index is 5.87. The van der Waals surface area contributed by atoms with Crippen molar-refractivity contribution in [2.75, 3.05) is 0 Å². The molecule has 1 fully saturated rings. The monoisotopic (exact) mass is 170 g/mol. The van der Waals surface area contributed by atoms with Gasteiger partial charge in [0, 0.05) is 6.42 Å². The molecule has 1 nitrogen and oxygen atoms in total. The summed E-state index contributed by atoms with van der Waals surface area (Å²) in [5.41, 5.74) is 0.642. The highest BCUT2D eigenvalue weighted by Crippen LogP contribution is 2.42. The molecule has 0 aromatic carbocycles. The van der Waals surface area contributed by atoms with E-state index in [4.69, 9.17) is 4.74 Å². The number of ether oxygens (including phenoxy) is 1. The topological polar surface area (TPSA) is 9.23 Å². The van der Waals surface area contributed by atoms with Gasteiger partial charge in [-0.05, 0) is 10.8 Å². The Bertz CT molecular complexity index is 135. The Kier molecular flexibility index (Phi) is 2.28. The van der Waals surface area contributed by atoms with Crippen LogP contribution in [0.15, 0.2) is 0 Å². The second kappa shape index (κ2) is 2.73. The molecule has 0 amide bonds. The van der Waals surface area contributed by atoms with Gasteiger partial charge < -0.3 is 4.74 Å². The third-order valence-corrected chi connectivity index (χ3v) is 2.69. The van der Waals surface area contributed by atoms with Crippen LogP contribution in [0.3, 0.4) is 0 Å². The maximum Gasteiger partial charge on any atom is 0.0652 e. The minimum Gasteiger partial charge on any atom is -0.374 e. The van der Waals surface area contributed by atoms with E-state index >= 15 is 0 Å². The maximum absolute atomic E-state index is 5.87. The van der Waals surface area contributed by atoms with Gasteiger partial charge in [-0.15, -0.1) is 0 Å². The summed E-state index contributed by atoms with van der Waals surface area (Å²) >= 11 is 0. The Morgan fingerprint density at radius 2 is 1.08 bits per heavy atom. The average Bonchev–Trinajstić information content (AvgIpc) is 1.46. The summed E-state index contributed by atoms with van der Waals surface area (Å²) in [5, 5.41) is 0. The fraction of sp³-hybridized carbons (Fsp3) is 1.00. The lowest BCUT2D eigenvalue weighted by molar-refractivity contribution is -0.206. The first-order valence-electron chi connectivity index (χ1n) is 4.87. The van der Waals surface area contributed by atoms with Crippen molar-refractivity contribution in [2.24, 2.45) is 10.8 Å². The van der Waals surface area contributed by atoms with Gasteiger partial charge in [-0.1, -0.05) is 41.5 Å². The van der Waals surface area contributed by atoms with Gasteiger partial charge in [-0.3, -0.25) is 0 Å². The third-order valence-electron chi connectivity index (χ3n) is 2.69. The molecule has 1 heterocycles. The van der Waals surface area contributed by atoms with Gasteiger partial charge in [0.1, 0.15) is 0 Å². The van der Waals surface area contributed by atoms with E-state index in [2.05, 4.69) is 41.5 Å². The van der Waals surface area contributed by atoms with Crippen molar-refractivity contribution in [1.82, 2.24) is 0 Å². The molecule has 72 valence electrons. The standard InChI is InChI=1S/C11H22O/c1-10(2,3)8-7-9(12-8)11(4,5)6/h8-9H,7H2,1-6H3. The molecule has 12 heavy (non-hydrogen) atoms. The summed E-state index contributed by atoms with van der Waals surface area (Å²) in [6, 6.07) is 0. The van der Waals surface area contributed by atoms with Crippen LogP contribution >= 0.6 is 0 Å². The van der Waals surface area contributed by atoms with Gasteiger partial charge in [0.15, 0.2) is 0 Å². The lowest BCUT2D eigenvalue weighted by atomic mass is 9.75. The normalized spacial score (nSPS) is 31.5. The van der Waals surface area contributed by atoms with Gasteiger partial charge >= 0.3 is 0 Å². The average molecular weight is 170 g/mol. The highest BCUT2D eigenvalue weighted by atomic mass is 16.5. The zero-order chi connectivity index (χ0) is 9.57. The molecule has 0 saturated carbocycles. The lowest BCUT2D eigenvalue weighted by Crippen LogP contribution is -2.51. The molecule has 0 aromatic heterocycles. The second-order valence-corrected chi connectivity index (χ2v) is 6.08. The predicted molar refractivity (Wildman–Crippen MR) is 52.2 cm³/mol. The second-order valence-electron chi connectivity index (χ2n) is 6.08. The van der Waals surface area contributed by atoms with Crippen molar-refractivity contribution >= 4 is 0 Å². The number of hydrogen-bond acceptors (Lipinski definition) is 1. The van der Waals surface area contributed by atoms with Crippen molar-refractivity contribution in [3.63, 3.8) is 0 Å². The first kappa shape index (κ1) is 10.0. The van der Waals surface area contributed by atoms with E-state index in [0.717, 1.165) is 0 Å². The summed E-state index contributed by atoms with van der Waals surface area (Å²) in [6.45, 7) is 13.5. The smallest absolute Gasteiger partial charge is 0.0652 e. The van der Waals surface area contributed by atoms with Crippen LogP contribution in [-0.2, 0) is 4.74 Å². The zero-order valence-electron chi connectivity index (χ0n) is 9.27. The minimum absolute atomic E-state index is 0.321. The van der Waals surface area contributed by atoms with Gasteiger partial charge in [0.25, 0.3) is 0 Å². The van der Waals surface area contributed by atoms with Crippen molar-refractivity contribution in [2.45, 2.75) is 60.2 Å². The minimum atomic E-state index is 0.321. The molecule has 1 saturated heterocycles. The van der Waals surface area contributed by atoms with Crippen LogP contribution in [0.1, 0.15) is 48.0 Å². The number of hydrogen-bond donors (Lipinski definition) is 0. The molecule has 1 heteroatoms. The molecule has 0 bridgehead atoms. The molecule has 0 radical (unpaired) electrons. The first-order chi connectivity index (χ1) is 5.21. The van der Waals surface area contributed by atoms with Gasteiger partial charge in [-0.2, -0.15) is 0 Å². The van der Waals surface area contributed by atoms with Gasteiger partial charge in [-0.25, -0.2) is 0 Å². The Morgan fingerprint density at radius 1 is 0.833 bits per heavy atom. The molecule has 0 spiro atoms. The van der Waals surface area contributed by atoms with E-state index in [9.17, 15) is 0 Å². The SMILES string of the molecule is CC(C)(C)C1CC(C(C)(C)C)O1. The van der Waals surface area contributed by atoms with Crippen molar-refractivity contribution < 1.29 is 4.74 Å². The Hall–Kier alpha value is -0.0400. The summed E-state index contributed by atoms with van der Waals surface area (Å²) in [6.07, 6.45) is 2.18. The van der Waals surface area contributed by atoms with E-state index in [-0.39, 0.29) is 0 Å². The molecule has 0 aliphatic carbocycles. The molecule has 0 N–H and O–H groups in total. The Balaban J connectivity index is 2.39. The van der Waals surface area contributed by atoms with Crippen molar-refractivity contribution in [3.05, 3.63) is 0 Å². The van der Waals surface area contributed by atoms with Crippen molar-refractivity contribution in [1.29, 1.82) is 0 Å². The molecule has 1 aliphatic heterocycles. The van der Waals surface area contributed by atoms with E-state index in [1.807, 2.05) is 0 Å². The zero-order valence-corrected chi connectivity index (χ0v) is 9.27. The van der Waals surface area contributed by atoms with Crippen LogP contribution in [0.4, 0.5) is 0 Å². The fourth-order valence-corrected chi connectivity index (χ4v) is 1.50. The van der Waals surface area contributed by atoms with E-state index < -0.39 is 0 Å². The summed E-state index contributed by atoms with van der Waals surface area (Å²) < 4.78 is 5.87. The summed E-state index contributed by atoms with van der Waals surface area (Å²) in [7, 11) is 0. The van der Waals surface area contributed by atoms with E-state index in [1.165, 1.54) is 6.42 Å². The molecule has 1 rings (SSSR count). The quantitative estimate of drug-likeness (QED) is 0.542. The summed E-state index contributed by atoms with van der Waals surface area (Å²) in [4.78, 5) is 0. The summed E-state index contributed by atoms with van der Waals surface area (Å²) in [5.74, 6) is 0. The van der Waals surface area contributed by atoms with Crippen LogP contribution in [0.2, 0.25) is 0 Å². The lowest BCUT2D eigenvalue weighted by Gasteiger charge is -2.49. The predicted octanol–water partition coefficient (Wildman–Crippen LogP) is 3.24. The van der Waals surface area contributed by atoms with Crippen LogP contribution in [-0.4, -0.2) is 12.2 Å². The Labute approximate surface area is 76.5 Å². The van der Waals surface area contributed by atoms with E-state index in [0.29, 0.717) is 23.0 Å². The van der Waals surface area contributed by atoms with Gasteiger partial charge in [0.2, 0.25) is 0 Å².